The Morgan fingerprint density at radius 1 is 1.33 bits per heavy atom. The first-order valence-electron chi connectivity index (χ1n) is 2.60. The second-order valence-corrected chi connectivity index (χ2v) is 5.84. The Morgan fingerprint density at radius 2 is 2.22 bits per heavy atom. The third-order valence-corrected chi connectivity index (χ3v) is 5.33. The van der Waals surface area contributed by atoms with Gasteiger partial charge in [0, 0.05) is 0 Å². The van der Waals surface area contributed by atoms with E-state index in [-0.39, 0.29) is 20.6 Å². The summed E-state index contributed by atoms with van der Waals surface area (Å²) in [5, 5.41) is 0. The Morgan fingerprint density at radius 3 is 3.11 bits per heavy atom. The molecule has 0 saturated heterocycles. The van der Waals surface area contributed by atoms with Gasteiger partial charge in [-0.1, -0.05) is 0 Å². The van der Waals surface area contributed by atoms with Crippen LogP contribution in [0.15, 0.2) is 29.2 Å². The second-order valence-electron chi connectivity index (χ2n) is 1.70. The van der Waals surface area contributed by atoms with Crippen molar-refractivity contribution in [3.63, 3.8) is 0 Å². The molecule has 0 N–H and O–H groups in total. The van der Waals surface area contributed by atoms with Gasteiger partial charge in [0.1, 0.15) is 0 Å². The molecule has 0 aromatic heterocycles. The zero-order chi connectivity index (χ0) is 6.10. The van der Waals surface area contributed by atoms with Gasteiger partial charge in [0.2, 0.25) is 0 Å². The summed E-state index contributed by atoms with van der Waals surface area (Å²) in [6.07, 6.45) is 0. The van der Waals surface area contributed by atoms with Crippen LogP contribution in [0.1, 0.15) is 0 Å². The molecule has 0 amide bonds. The summed E-state index contributed by atoms with van der Waals surface area (Å²) in [5.74, 6) is 1.10. The zero-order valence-electron chi connectivity index (χ0n) is 4.57. The quantitative estimate of drug-likeness (QED) is 0.644. The molecule has 0 fully saturated rings. The van der Waals surface area contributed by atoms with Crippen LogP contribution >= 0.6 is 8.85 Å². The van der Waals surface area contributed by atoms with Crippen LogP contribution in [0.3, 0.4) is 0 Å². The number of benzene rings is 1. The average molecular weight is 246 g/mol. The molecule has 1 heterocycles. The molecule has 1 aliphatic heterocycles. The monoisotopic (exact) mass is 245 g/mol. The van der Waals surface area contributed by atoms with Crippen LogP contribution in [0.4, 0.5) is 0 Å². The van der Waals surface area contributed by atoms with Gasteiger partial charge in [0.05, 0.1) is 0 Å². The van der Waals surface area contributed by atoms with Crippen LogP contribution in [0.2, 0.25) is 0 Å². The number of hydrogen-bond acceptors (Lipinski definition) is 2. The van der Waals surface area contributed by atoms with E-state index in [9.17, 15) is 0 Å². The maximum absolute atomic E-state index is 5.41. The van der Waals surface area contributed by atoms with Gasteiger partial charge < -0.3 is 0 Å². The molecule has 0 bridgehead atoms. The van der Waals surface area contributed by atoms with Gasteiger partial charge in [-0.15, -0.1) is 0 Å². The summed E-state index contributed by atoms with van der Waals surface area (Å²) in [6, 6.07) is 8.21. The van der Waals surface area contributed by atoms with Gasteiger partial charge in [-0.3, -0.25) is 0 Å². The molecule has 1 radical (unpaired) electrons. The summed E-state index contributed by atoms with van der Waals surface area (Å²) >= 11 is -0.379. The van der Waals surface area contributed by atoms with E-state index >= 15 is 0 Å². The van der Waals surface area contributed by atoms with Crippen LogP contribution in [0.25, 0.3) is 0 Å². The molecule has 1 aromatic rings. The SMILES string of the molecule is c1ccc2c(c1)[O][Sb][S]2. The summed E-state index contributed by atoms with van der Waals surface area (Å²) in [7, 11) is 1.90. The maximum atomic E-state index is 5.41. The van der Waals surface area contributed by atoms with Crippen LogP contribution < -0.4 is 3.02 Å². The van der Waals surface area contributed by atoms with Crippen LogP contribution in [0.5, 0.6) is 5.75 Å². The Bertz CT molecular complexity index is 203. The molecule has 1 nitrogen and oxygen atoms in total. The van der Waals surface area contributed by atoms with Crippen LogP contribution in [-0.4, -0.2) is 20.6 Å². The van der Waals surface area contributed by atoms with E-state index in [1.165, 1.54) is 4.90 Å². The van der Waals surface area contributed by atoms with Gasteiger partial charge in [-0.2, -0.15) is 0 Å². The minimum atomic E-state index is -0.379. The molecule has 3 heteroatoms. The molecule has 1 aliphatic rings. The molecular weight excluding hydrogens is 242 g/mol. The van der Waals surface area contributed by atoms with Gasteiger partial charge in [-0.05, 0) is 0 Å². The number of fused-ring (bicyclic) bond motifs is 1. The minimum absolute atomic E-state index is 0.379. The normalized spacial score (nSPS) is 14.7. The summed E-state index contributed by atoms with van der Waals surface area (Å²) in [4.78, 5) is 1.33. The van der Waals surface area contributed by atoms with Gasteiger partial charge in [0.15, 0.2) is 0 Å². The third kappa shape index (κ3) is 1.06. The van der Waals surface area contributed by atoms with Crippen molar-refractivity contribution in [2.24, 2.45) is 0 Å². The van der Waals surface area contributed by atoms with Crippen LogP contribution in [-0.2, 0) is 0 Å². The third-order valence-electron chi connectivity index (χ3n) is 1.12. The zero-order valence-corrected chi connectivity index (χ0v) is 7.94. The number of hydrogen-bond donors (Lipinski definition) is 0. The summed E-state index contributed by atoms with van der Waals surface area (Å²) < 4.78 is 5.41. The average Bonchev–Trinajstić information content (AvgIpc) is 2.33. The summed E-state index contributed by atoms with van der Waals surface area (Å²) in [5.41, 5.74) is 0. The molecule has 0 atom stereocenters. The number of para-hydroxylation sites is 1. The fourth-order valence-electron chi connectivity index (χ4n) is 0.700. The van der Waals surface area contributed by atoms with E-state index in [2.05, 4.69) is 12.1 Å². The Balaban J connectivity index is 2.54. The molecule has 0 aliphatic carbocycles. The standard InChI is InChI=1S/C6H6OS.Sb/c7-5-3-1-2-4-6(5)8;/h1-4,7-8H;/q;+2/p-2. The first kappa shape index (κ1) is 5.93. The van der Waals surface area contributed by atoms with Crippen molar-refractivity contribution >= 4 is 29.5 Å². The van der Waals surface area contributed by atoms with E-state index < -0.39 is 0 Å². The van der Waals surface area contributed by atoms with Gasteiger partial charge in [-0.25, -0.2) is 0 Å². The Labute approximate surface area is 67.3 Å². The summed E-state index contributed by atoms with van der Waals surface area (Å²) in [6.45, 7) is 0. The first-order valence-corrected chi connectivity index (χ1v) is 7.54. The van der Waals surface area contributed by atoms with Crippen molar-refractivity contribution in [1.29, 1.82) is 0 Å². The molecule has 1 aromatic carbocycles. The molecule has 2 rings (SSSR count). The van der Waals surface area contributed by atoms with E-state index in [0.717, 1.165) is 5.75 Å². The molecule has 0 saturated carbocycles. The predicted molar refractivity (Wildman–Crippen MR) is 38.7 cm³/mol. The molecule has 45 valence electrons. The van der Waals surface area contributed by atoms with Crippen LogP contribution in [0, 0.1) is 0 Å². The molecule has 9 heavy (non-hydrogen) atoms. The van der Waals surface area contributed by atoms with Crippen molar-refractivity contribution in [2.45, 2.75) is 4.90 Å². The van der Waals surface area contributed by atoms with E-state index in [4.69, 9.17) is 3.02 Å². The Hall–Kier alpha value is 0.188. The Kier molecular flexibility index (Phi) is 1.60. The molecule has 0 spiro atoms. The fraction of sp³-hybridized carbons (Fsp3) is 0. The van der Waals surface area contributed by atoms with E-state index in [1.54, 1.807) is 0 Å². The molecular formula is C6H4OSSb. The van der Waals surface area contributed by atoms with Crippen molar-refractivity contribution in [2.75, 3.05) is 0 Å². The van der Waals surface area contributed by atoms with E-state index in [1.807, 2.05) is 21.0 Å². The number of rotatable bonds is 0. The second kappa shape index (κ2) is 2.43. The van der Waals surface area contributed by atoms with Crippen molar-refractivity contribution in [3.05, 3.63) is 24.3 Å². The van der Waals surface area contributed by atoms with Gasteiger partial charge >= 0.3 is 67.4 Å². The topological polar surface area (TPSA) is 9.23 Å². The predicted octanol–water partition coefficient (Wildman–Crippen LogP) is 1.71. The van der Waals surface area contributed by atoms with E-state index in [0.29, 0.717) is 0 Å². The fourth-order valence-corrected chi connectivity index (χ4v) is 4.86. The molecule has 0 unspecified atom stereocenters. The first-order chi connectivity index (χ1) is 4.47. The van der Waals surface area contributed by atoms with Crippen molar-refractivity contribution in [3.8, 4) is 5.75 Å². The van der Waals surface area contributed by atoms with Crippen molar-refractivity contribution in [1.82, 2.24) is 0 Å². The van der Waals surface area contributed by atoms with Gasteiger partial charge in [0.25, 0.3) is 0 Å². The van der Waals surface area contributed by atoms with Crippen molar-refractivity contribution < 1.29 is 3.02 Å².